The van der Waals surface area contributed by atoms with Gasteiger partial charge < -0.3 is 15.2 Å². The lowest BCUT2D eigenvalue weighted by Crippen LogP contribution is -2.42. The highest BCUT2D eigenvalue weighted by molar-refractivity contribution is 7.85. The summed E-state index contributed by atoms with van der Waals surface area (Å²) in [5, 5.41) is 0.0475. The van der Waals surface area contributed by atoms with E-state index in [1.165, 1.54) is 0 Å². The average Bonchev–Trinajstić information content (AvgIpc) is 2.54. The molecule has 5 heteroatoms. The minimum absolute atomic E-state index is 0.0295. The first-order valence-corrected chi connectivity index (χ1v) is 8.96. The van der Waals surface area contributed by atoms with Gasteiger partial charge in [-0.3, -0.25) is 4.21 Å². The zero-order valence-electron chi connectivity index (χ0n) is 12.4. The summed E-state index contributed by atoms with van der Waals surface area (Å²) in [6, 6.07) is 5.62. The van der Waals surface area contributed by atoms with Crippen LogP contribution in [0.25, 0.3) is 0 Å². The zero-order valence-corrected chi connectivity index (χ0v) is 13.2. The first-order chi connectivity index (χ1) is 10.2. The predicted molar refractivity (Wildman–Crippen MR) is 83.2 cm³/mol. The minimum atomic E-state index is -1.08. The third-order valence-electron chi connectivity index (χ3n) is 4.55. The van der Waals surface area contributed by atoms with E-state index in [2.05, 4.69) is 6.92 Å². The number of nitrogens with two attached hydrogens (primary N) is 1. The second kappa shape index (κ2) is 6.36. The van der Waals surface area contributed by atoms with Gasteiger partial charge in [-0.2, -0.15) is 0 Å². The van der Waals surface area contributed by atoms with E-state index < -0.39 is 10.8 Å². The first kappa shape index (κ1) is 14.9. The SMILES string of the molecule is CCC1CCC(N)C(S(=O)c2ccc3c(c2)OCCO3)C1. The normalized spacial score (nSPS) is 29.9. The number of hydrogen-bond donors (Lipinski definition) is 1. The summed E-state index contributed by atoms with van der Waals surface area (Å²) in [7, 11) is -1.08. The van der Waals surface area contributed by atoms with Crippen LogP contribution < -0.4 is 15.2 Å². The Morgan fingerprint density at radius 3 is 2.76 bits per heavy atom. The van der Waals surface area contributed by atoms with Gasteiger partial charge >= 0.3 is 0 Å². The monoisotopic (exact) mass is 309 g/mol. The van der Waals surface area contributed by atoms with Crippen molar-refractivity contribution in [1.82, 2.24) is 0 Å². The molecule has 0 aromatic heterocycles. The summed E-state index contributed by atoms with van der Waals surface area (Å²) in [5.41, 5.74) is 6.22. The smallest absolute Gasteiger partial charge is 0.162 e. The maximum atomic E-state index is 12.9. The Morgan fingerprint density at radius 1 is 1.24 bits per heavy atom. The van der Waals surface area contributed by atoms with Crippen LogP contribution in [-0.2, 0) is 10.8 Å². The van der Waals surface area contributed by atoms with Crippen molar-refractivity contribution >= 4 is 10.8 Å². The highest BCUT2D eigenvalue weighted by atomic mass is 32.2. The maximum absolute atomic E-state index is 12.9. The summed E-state index contributed by atoms with van der Waals surface area (Å²) >= 11 is 0. The molecule has 21 heavy (non-hydrogen) atoms. The van der Waals surface area contributed by atoms with E-state index in [0.717, 1.165) is 36.3 Å². The quantitative estimate of drug-likeness (QED) is 0.932. The van der Waals surface area contributed by atoms with Crippen molar-refractivity contribution in [3.63, 3.8) is 0 Å². The van der Waals surface area contributed by atoms with E-state index >= 15 is 0 Å². The minimum Gasteiger partial charge on any atom is -0.486 e. The van der Waals surface area contributed by atoms with Gasteiger partial charge in [0.2, 0.25) is 0 Å². The van der Waals surface area contributed by atoms with Crippen LogP contribution in [0.2, 0.25) is 0 Å². The van der Waals surface area contributed by atoms with E-state index in [-0.39, 0.29) is 11.3 Å². The molecule has 0 radical (unpaired) electrons. The third-order valence-corrected chi connectivity index (χ3v) is 6.36. The van der Waals surface area contributed by atoms with Crippen molar-refractivity contribution in [2.24, 2.45) is 11.7 Å². The van der Waals surface area contributed by atoms with Gasteiger partial charge in [0.1, 0.15) is 13.2 Å². The third kappa shape index (κ3) is 3.09. The van der Waals surface area contributed by atoms with Gasteiger partial charge in [-0.25, -0.2) is 0 Å². The number of ether oxygens (including phenoxy) is 2. The van der Waals surface area contributed by atoms with Crippen LogP contribution >= 0.6 is 0 Å². The predicted octanol–water partition coefficient (Wildman–Crippen LogP) is 2.47. The van der Waals surface area contributed by atoms with Crippen molar-refractivity contribution in [3.8, 4) is 11.5 Å². The topological polar surface area (TPSA) is 61.6 Å². The van der Waals surface area contributed by atoms with Crippen molar-refractivity contribution in [2.75, 3.05) is 13.2 Å². The molecular weight excluding hydrogens is 286 g/mol. The van der Waals surface area contributed by atoms with Gasteiger partial charge in [0.15, 0.2) is 11.5 Å². The van der Waals surface area contributed by atoms with Crippen molar-refractivity contribution in [3.05, 3.63) is 18.2 Å². The first-order valence-electron chi connectivity index (χ1n) is 7.75. The van der Waals surface area contributed by atoms with Crippen LogP contribution in [0, 0.1) is 5.92 Å². The number of hydrogen-bond acceptors (Lipinski definition) is 4. The van der Waals surface area contributed by atoms with E-state index in [1.54, 1.807) is 0 Å². The van der Waals surface area contributed by atoms with Gasteiger partial charge in [-0.1, -0.05) is 13.3 Å². The van der Waals surface area contributed by atoms with Crippen LogP contribution in [-0.4, -0.2) is 28.7 Å². The van der Waals surface area contributed by atoms with Gasteiger partial charge in [0.25, 0.3) is 0 Å². The molecule has 2 aliphatic rings. The van der Waals surface area contributed by atoms with E-state index in [4.69, 9.17) is 15.2 Å². The Morgan fingerprint density at radius 2 is 2.00 bits per heavy atom. The van der Waals surface area contributed by atoms with Crippen molar-refractivity contribution in [2.45, 2.75) is 48.8 Å². The molecule has 4 unspecified atom stereocenters. The number of rotatable bonds is 3. The molecule has 0 bridgehead atoms. The molecule has 0 spiro atoms. The molecule has 3 rings (SSSR count). The standard InChI is InChI=1S/C16H23NO3S/c1-2-11-3-5-13(17)16(9-11)21(18)12-4-6-14-15(10-12)20-8-7-19-14/h4,6,10-11,13,16H,2-3,5,7-9,17H2,1H3. The molecule has 4 atom stereocenters. The van der Waals surface area contributed by atoms with Gasteiger partial charge in [0, 0.05) is 17.0 Å². The molecule has 0 amide bonds. The van der Waals surface area contributed by atoms with Crippen LogP contribution in [0.15, 0.2) is 23.1 Å². The molecule has 0 saturated heterocycles. The molecule has 1 fully saturated rings. The largest absolute Gasteiger partial charge is 0.486 e. The summed E-state index contributed by atoms with van der Waals surface area (Å²) in [6.07, 6.45) is 4.23. The van der Waals surface area contributed by atoms with Crippen LogP contribution in [0.4, 0.5) is 0 Å². The molecule has 1 heterocycles. The van der Waals surface area contributed by atoms with Crippen LogP contribution in [0.5, 0.6) is 11.5 Å². The van der Waals surface area contributed by atoms with Crippen LogP contribution in [0.1, 0.15) is 32.6 Å². The molecule has 116 valence electrons. The lowest BCUT2D eigenvalue weighted by molar-refractivity contribution is 0.171. The van der Waals surface area contributed by atoms with Crippen LogP contribution in [0.3, 0.4) is 0 Å². The Balaban J connectivity index is 1.80. The summed E-state index contributed by atoms with van der Waals surface area (Å²) in [5.74, 6) is 2.08. The molecule has 1 aliphatic heterocycles. The molecular formula is C16H23NO3S. The fourth-order valence-electron chi connectivity index (χ4n) is 3.18. The maximum Gasteiger partial charge on any atom is 0.162 e. The number of benzene rings is 1. The van der Waals surface area contributed by atoms with E-state index in [0.29, 0.717) is 24.9 Å². The Hall–Kier alpha value is -1.07. The molecule has 1 aromatic rings. The van der Waals surface area contributed by atoms with Gasteiger partial charge in [-0.05, 0) is 37.3 Å². The second-order valence-corrected chi connectivity index (χ2v) is 7.56. The van der Waals surface area contributed by atoms with Gasteiger partial charge in [-0.15, -0.1) is 0 Å². The molecule has 1 aromatic carbocycles. The number of fused-ring (bicyclic) bond motifs is 1. The Kier molecular flexibility index (Phi) is 4.50. The van der Waals surface area contributed by atoms with E-state index in [1.807, 2.05) is 18.2 Å². The highest BCUT2D eigenvalue weighted by Gasteiger charge is 2.32. The second-order valence-electron chi connectivity index (χ2n) is 5.89. The lowest BCUT2D eigenvalue weighted by atomic mass is 9.84. The Bertz CT molecular complexity index is 534. The zero-order chi connectivity index (χ0) is 14.8. The lowest BCUT2D eigenvalue weighted by Gasteiger charge is -2.33. The molecule has 4 nitrogen and oxygen atoms in total. The Labute approximate surface area is 128 Å². The molecule has 2 N–H and O–H groups in total. The van der Waals surface area contributed by atoms with E-state index in [9.17, 15) is 4.21 Å². The average molecular weight is 309 g/mol. The summed E-state index contributed by atoms with van der Waals surface area (Å²) < 4.78 is 24.0. The summed E-state index contributed by atoms with van der Waals surface area (Å²) in [6.45, 7) is 3.32. The van der Waals surface area contributed by atoms with Crippen molar-refractivity contribution in [1.29, 1.82) is 0 Å². The van der Waals surface area contributed by atoms with Crippen molar-refractivity contribution < 1.29 is 13.7 Å². The fraction of sp³-hybridized carbons (Fsp3) is 0.625. The highest BCUT2D eigenvalue weighted by Crippen LogP contribution is 2.35. The molecule has 1 saturated carbocycles. The summed E-state index contributed by atoms with van der Waals surface area (Å²) in [4.78, 5) is 0.802. The molecule has 1 aliphatic carbocycles. The van der Waals surface area contributed by atoms with Gasteiger partial charge in [0.05, 0.1) is 16.0 Å². The fourth-order valence-corrected chi connectivity index (χ4v) is 4.85.